The molecule has 2 aromatic carbocycles. The first kappa shape index (κ1) is 17.5. The van der Waals surface area contributed by atoms with E-state index in [1.54, 1.807) is 0 Å². The van der Waals surface area contributed by atoms with Gasteiger partial charge in [-0.25, -0.2) is 0 Å². The Morgan fingerprint density at radius 3 is 2.60 bits per heavy atom. The normalized spacial score (nSPS) is 14.8. The van der Waals surface area contributed by atoms with E-state index >= 15 is 0 Å². The standard InChI is InChI=1S/C20H21NO3S/c1-14-4-2-6-16(10-14)20(8-9-20)19(24)21-17-7-3-5-15(11-17)12-25-13-18(22)23/h2-7,10-11H,8-9,12-13H2,1H3,(H,21,24)(H,22,23). The molecule has 3 rings (SSSR count). The zero-order valence-corrected chi connectivity index (χ0v) is 14.9. The van der Waals surface area contributed by atoms with E-state index in [4.69, 9.17) is 5.11 Å². The Labute approximate surface area is 151 Å². The zero-order valence-electron chi connectivity index (χ0n) is 14.1. The van der Waals surface area contributed by atoms with Gasteiger partial charge in [0.1, 0.15) is 0 Å². The van der Waals surface area contributed by atoms with Crippen molar-refractivity contribution in [2.24, 2.45) is 0 Å². The van der Waals surface area contributed by atoms with Crippen molar-refractivity contribution >= 4 is 29.3 Å². The van der Waals surface area contributed by atoms with Crippen molar-refractivity contribution in [3.05, 3.63) is 65.2 Å². The van der Waals surface area contributed by atoms with Crippen LogP contribution >= 0.6 is 11.8 Å². The first-order valence-corrected chi connectivity index (χ1v) is 9.42. The topological polar surface area (TPSA) is 66.4 Å². The molecule has 0 atom stereocenters. The van der Waals surface area contributed by atoms with Crippen molar-refractivity contribution in [1.82, 2.24) is 0 Å². The zero-order chi connectivity index (χ0) is 17.9. The van der Waals surface area contributed by atoms with Gasteiger partial charge in [0.05, 0.1) is 11.2 Å². The van der Waals surface area contributed by atoms with E-state index in [9.17, 15) is 9.59 Å². The third-order valence-electron chi connectivity index (χ3n) is 4.43. The van der Waals surface area contributed by atoms with E-state index in [1.165, 1.54) is 11.8 Å². The monoisotopic (exact) mass is 355 g/mol. The molecule has 0 radical (unpaired) electrons. The molecule has 1 aliphatic carbocycles. The Morgan fingerprint density at radius 2 is 1.92 bits per heavy atom. The number of thioether (sulfide) groups is 1. The average molecular weight is 355 g/mol. The Bertz CT molecular complexity index is 799. The maximum atomic E-state index is 12.8. The van der Waals surface area contributed by atoms with Gasteiger partial charge in [-0.15, -0.1) is 11.8 Å². The smallest absolute Gasteiger partial charge is 0.313 e. The minimum Gasteiger partial charge on any atom is -0.481 e. The highest BCUT2D eigenvalue weighted by Crippen LogP contribution is 2.49. The summed E-state index contributed by atoms with van der Waals surface area (Å²) in [6, 6.07) is 15.8. The maximum absolute atomic E-state index is 12.8. The lowest BCUT2D eigenvalue weighted by molar-refractivity contribution is -0.133. The van der Waals surface area contributed by atoms with Crippen LogP contribution < -0.4 is 5.32 Å². The molecule has 25 heavy (non-hydrogen) atoms. The molecule has 1 aliphatic rings. The molecule has 0 aromatic heterocycles. The van der Waals surface area contributed by atoms with Gasteiger partial charge in [0, 0.05) is 11.4 Å². The summed E-state index contributed by atoms with van der Waals surface area (Å²) in [7, 11) is 0. The van der Waals surface area contributed by atoms with Gasteiger partial charge >= 0.3 is 5.97 Å². The largest absolute Gasteiger partial charge is 0.481 e. The van der Waals surface area contributed by atoms with Gasteiger partial charge in [-0.2, -0.15) is 0 Å². The highest BCUT2D eigenvalue weighted by Gasteiger charge is 2.51. The molecule has 130 valence electrons. The number of carboxylic acid groups (broad SMARTS) is 1. The van der Waals surface area contributed by atoms with Crippen LogP contribution in [0.1, 0.15) is 29.5 Å². The third-order valence-corrected chi connectivity index (χ3v) is 5.42. The summed E-state index contributed by atoms with van der Waals surface area (Å²) in [5.74, 6) is -0.0942. The molecule has 0 heterocycles. The molecule has 1 amide bonds. The molecular weight excluding hydrogens is 334 g/mol. The Kier molecular flexibility index (Phi) is 5.13. The molecule has 2 N–H and O–H groups in total. The van der Waals surface area contributed by atoms with Gasteiger partial charge in [-0.05, 0) is 43.0 Å². The molecular formula is C20H21NO3S. The lowest BCUT2D eigenvalue weighted by Crippen LogP contribution is -2.27. The van der Waals surface area contributed by atoms with E-state index in [1.807, 2.05) is 49.4 Å². The number of nitrogens with one attached hydrogen (secondary N) is 1. The lowest BCUT2D eigenvalue weighted by Gasteiger charge is -2.17. The van der Waals surface area contributed by atoms with E-state index in [0.29, 0.717) is 5.75 Å². The summed E-state index contributed by atoms with van der Waals surface area (Å²) in [4.78, 5) is 23.4. The quantitative estimate of drug-likeness (QED) is 0.788. The minimum absolute atomic E-state index is 0.0356. The molecule has 0 spiro atoms. The molecule has 0 bridgehead atoms. The fraction of sp³-hybridized carbons (Fsp3) is 0.300. The number of hydrogen-bond acceptors (Lipinski definition) is 3. The van der Waals surface area contributed by atoms with Crippen LogP contribution in [-0.4, -0.2) is 22.7 Å². The van der Waals surface area contributed by atoms with Crippen LogP contribution in [0.4, 0.5) is 5.69 Å². The van der Waals surface area contributed by atoms with Gasteiger partial charge in [-0.3, -0.25) is 9.59 Å². The number of hydrogen-bond donors (Lipinski definition) is 2. The van der Waals surface area contributed by atoms with Gasteiger partial charge in [0.25, 0.3) is 0 Å². The first-order chi connectivity index (χ1) is 12.0. The van der Waals surface area contributed by atoms with Crippen LogP contribution in [0.2, 0.25) is 0 Å². The fourth-order valence-electron chi connectivity index (χ4n) is 2.96. The van der Waals surface area contributed by atoms with E-state index in [2.05, 4.69) is 11.4 Å². The van der Waals surface area contributed by atoms with E-state index in [-0.39, 0.29) is 11.7 Å². The lowest BCUT2D eigenvalue weighted by atomic mass is 9.93. The average Bonchev–Trinajstić information content (AvgIpc) is 3.37. The first-order valence-electron chi connectivity index (χ1n) is 8.27. The number of amides is 1. The highest BCUT2D eigenvalue weighted by molar-refractivity contribution is 7.99. The van der Waals surface area contributed by atoms with Crippen molar-refractivity contribution in [2.45, 2.75) is 30.9 Å². The number of carbonyl (C=O) groups is 2. The molecule has 0 aliphatic heterocycles. The summed E-state index contributed by atoms with van der Waals surface area (Å²) < 4.78 is 0. The minimum atomic E-state index is -0.816. The number of benzene rings is 2. The van der Waals surface area contributed by atoms with Crippen molar-refractivity contribution in [2.75, 3.05) is 11.1 Å². The number of carboxylic acids is 1. The van der Waals surface area contributed by atoms with Crippen molar-refractivity contribution in [1.29, 1.82) is 0 Å². The van der Waals surface area contributed by atoms with Crippen LogP contribution in [0.25, 0.3) is 0 Å². The SMILES string of the molecule is Cc1cccc(C2(C(=O)Nc3cccc(CSCC(=O)O)c3)CC2)c1. The number of aryl methyl sites for hydroxylation is 1. The fourth-order valence-corrected chi connectivity index (χ4v) is 3.65. The van der Waals surface area contributed by atoms with Crippen molar-refractivity contribution < 1.29 is 14.7 Å². The number of rotatable bonds is 7. The third kappa shape index (κ3) is 4.23. The summed E-state index contributed by atoms with van der Waals surface area (Å²) in [5, 5.41) is 11.7. The van der Waals surface area contributed by atoms with Gasteiger partial charge in [0.15, 0.2) is 0 Å². The second-order valence-corrected chi connectivity index (χ2v) is 7.48. The van der Waals surface area contributed by atoms with Crippen LogP contribution in [0.5, 0.6) is 0 Å². The molecule has 0 unspecified atom stereocenters. The Hall–Kier alpha value is -2.27. The summed E-state index contributed by atoms with van der Waals surface area (Å²) in [6.07, 6.45) is 1.74. The van der Waals surface area contributed by atoms with Gasteiger partial charge < -0.3 is 10.4 Å². The second kappa shape index (κ2) is 7.31. The highest BCUT2D eigenvalue weighted by atomic mass is 32.2. The molecule has 1 fully saturated rings. The molecule has 4 nitrogen and oxygen atoms in total. The van der Waals surface area contributed by atoms with E-state index < -0.39 is 11.4 Å². The van der Waals surface area contributed by atoms with Crippen LogP contribution in [-0.2, 0) is 20.8 Å². The number of anilines is 1. The maximum Gasteiger partial charge on any atom is 0.313 e. The predicted octanol–water partition coefficient (Wildman–Crippen LogP) is 3.98. The summed E-state index contributed by atoms with van der Waals surface area (Å²) in [5.41, 5.74) is 3.61. The summed E-state index contributed by atoms with van der Waals surface area (Å²) >= 11 is 1.35. The Balaban J connectivity index is 1.68. The predicted molar refractivity (Wildman–Crippen MR) is 101 cm³/mol. The molecule has 5 heteroatoms. The van der Waals surface area contributed by atoms with E-state index in [0.717, 1.165) is 35.2 Å². The second-order valence-electron chi connectivity index (χ2n) is 6.49. The van der Waals surface area contributed by atoms with Crippen LogP contribution in [0, 0.1) is 6.92 Å². The van der Waals surface area contributed by atoms with Crippen LogP contribution in [0.3, 0.4) is 0 Å². The summed E-state index contributed by atoms with van der Waals surface area (Å²) in [6.45, 7) is 2.04. The Morgan fingerprint density at radius 1 is 1.16 bits per heavy atom. The van der Waals surface area contributed by atoms with Gasteiger partial charge in [0.2, 0.25) is 5.91 Å². The van der Waals surface area contributed by atoms with Crippen LogP contribution in [0.15, 0.2) is 48.5 Å². The van der Waals surface area contributed by atoms with Crippen molar-refractivity contribution in [3.63, 3.8) is 0 Å². The molecule has 2 aromatic rings. The van der Waals surface area contributed by atoms with Crippen molar-refractivity contribution in [3.8, 4) is 0 Å². The molecule has 1 saturated carbocycles. The number of carbonyl (C=O) groups excluding carboxylic acids is 1. The number of aliphatic carboxylic acids is 1. The van der Waals surface area contributed by atoms with Gasteiger partial charge in [-0.1, -0.05) is 42.0 Å². The molecule has 0 saturated heterocycles.